The second-order valence-electron chi connectivity index (χ2n) is 10.3. The van der Waals surface area contributed by atoms with Crippen LogP contribution in [-0.4, -0.2) is 84.0 Å². The first-order chi connectivity index (χ1) is 16.9. The number of anilines is 1. The SMILES string of the molecule is CCCOc1ccc(N(C)C)c2c1C(O)=C1C(=O)[C@]3(O)C(O)=C(C(C)=O)C(=O)C(N(C)C)[C@@H]3C[C@@H]1C2. The van der Waals surface area contributed by atoms with E-state index in [1.807, 2.05) is 32.0 Å². The average Bonchev–Trinajstić information content (AvgIpc) is 2.79. The summed E-state index contributed by atoms with van der Waals surface area (Å²) in [4.78, 5) is 43.0. The minimum absolute atomic E-state index is 0.0141. The van der Waals surface area contributed by atoms with E-state index in [1.165, 1.54) is 0 Å². The van der Waals surface area contributed by atoms with Gasteiger partial charge in [-0.3, -0.25) is 19.3 Å². The van der Waals surface area contributed by atoms with Gasteiger partial charge in [0.2, 0.25) is 5.78 Å². The normalized spacial score (nSPS) is 27.6. The maximum Gasteiger partial charge on any atom is 0.202 e. The Bertz CT molecular complexity index is 1210. The summed E-state index contributed by atoms with van der Waals surface area (Å²) in [6.45, 7) is 3.49. The molecule has 4 rings (SSSR count). The van der Waals surface area contributed by atoms with Crippen molar-refractivity contribution in [3.05, 3.63) is 40.2 Å². The highest BCUT2D eigenvalue weighted by Gasteiger charge is 2.64. The monoisotopic (exact) mass is 498 g/mol. The smallest absolute Gasteiger partial charge is 0.202 e. The number of ketones is 3. The van der Waals surface area contributed by atoms with Crippen LogP contribution in [0, 0.1) is 11.8 Å². The molecule has 0 saturated heterocycles. The fourth-order valence-electron chi connectivity index (χ4n) is 6.07. The van der Waals surface area contributed by atoms with Crippen LogP contribution in [-0.2, 0) is 20.8 Å². The summed E-state index contributed by atoms with van der Waals surface area (Å²) in [7, 11) is 7.04. The molecular weight excluding hydrogens is 464 g/mol. The minimum Gasteiger partial charge on any atom is -0.508 e. The predicted octanol–water partition coefficient (Wildman–Crippen LogP) is 2.22. The van der Waals surface area contributed by atoms with Crippen LogP contribution in [0.5, 0.6) is 5.75 Å². The van der Waals surface area contributed by atoms with E-state index in [2.05, 4.69) is 0 Å². The number of carbonyl (C=O) groups is 3. The third-order valence-electron chi connectivity index (χ3n) is 7.61. The topological polar surface area (TPSA) is 128 Å². The van der Waals surface area contributed by atoms with E-state index in [4.69, 9.17) is 4.74 Å². The number of carbonyl (C=O) groups excluding carboxylic acids is 3. The van der Waals surface area contributed by atoms with Crippen molar-refractivity contribution in [3.8, 4) is 5.75 Å². The second-order valence-corrected chi connectivity index (χ2v) is 10.3. The summed E-state index contributed by atoms with van der Waals surface area (Å²) in [5, 5.41) is 34.3. The number of Topliss-reactive ketones (excluding diaryl/α,β-unsaturated/α-hetero) is 3. The Morgan fingerprint density at radius 2 is 1.83 bits per heavy atom. The van der Waals surface area contributed by atoms with Crippen LogP contribution in [0.1, 0.15) is 37.8 Å². The number of aliphatic hydroxyl groups is 3. The molecule has 9 nitrogen and oxygen atoms in total. The van der Waals surface area contributed by atoms with Crippen molar-refractivity contribution >= 4 is 28.8 Å². The molecule has 0 spiro atoms. The fourth-order valence-corrected chi connectivity index (χ4v) is 6.07. The zero-order valence-electron chi connectivity index (χ0n) is 21.6. The molecule has 1 aromatic rings. The van der Waals surface area contributed by atoms with Crippen LogP contribution in [0.25, 0.3) is 5.76 Å². The third kappa shape index (κ3) is 3.56. The molecule has 4 atom stereocenters. The molecule has 0 heterocycles. The first-order valence-electron chi connectivity index (χ1n) is 12.2. The van der Waals surface area contributed by atoms with E-state index < -0.39 is 52.2 Å². The molecule has 3 aliphatic carbocycles. The summed E-state index contributed by atoms with van der Waals surface area (Å²) in [5.74, 6) is -4.55. The van der Waals surface area contributed by atoms with Crippen LogP contribution in [0.3, 0.4) is 0 Å². The Morgan fingerprint density at radius 1 is 1.17 bits per heavy atom. The van der Waals surface area contributed by atoms with Gasteiger partial charge in [0.15, 0.2) is 17.2 Å². The van der Waals surface area contributed by atoms with Gasteiger partial charge in [0.25, 0.3) is 0 Å². The summed E-state index contributed by atoms with van der Waals surface area (Å²) in [6, 6.07) is 2.66. The molecule has 36 heavy (non-hydrogen) atoms. The molecule has 0 bridgehead atoms. The van der Waals surface area contributed by atoms with Gasteiger partial charge in [-0.15, -0.1) is 0 Å². The number of ether oxygens (including phenoxy) is 1. The minimum atomic E-state index is -2.51. The molecule has 0 aromatic heterocycles. The lowest BCUT2D eigenvalue weighted by Crippen LogP contribution is -2.65. The second kappa shape index (κ2) is 9.05. The molecule has 3 N–H and O–H groups in total. The standard InChI is InChI=1S/C27H34N2O7/c1-7-10-36-18-9-8-17(28(3)4)15-11-14-12-16-22(29(5)6)24(32)19(13(2)30)25(33)27(16,35)26(34)20(14)23(31)21(15)18/h8-9,14,16,22,31,33,35H,7,10-12H2,1-6H3/t14-,16-,22?,27+/m0/s1. The Labute approximate surface area is 210 Å². The lowest BCUT2D eigenvalue weighted by Gasteiger charge is -2.50. The molecule has 1 aromatic carbocycles. The van der Waals surface area contributed by atoms with Crippen molar-refractivity contribution in [1.82, 2.24) is 4.90 Å². The number of aliphatic hydroxyl groups excluding tert-OH is 2. The molecule has 3 aliphatic rings. The maximum atomic E-state index is 14.0. The average molecular weight is 499 g/mol. The van der Waals surface area contributed by atoms with Gasteiger partial charge in [0.05, 0.1) is 18.2 Å². The van der Waals surface area contributed by atoms with Gasteiger partial charge < -0.3 is 25.0 Å². The fraction of sp³-hybridized carbons (Fsp3) is 0.519. The molecular formula is C27H34N2O7. The Morgan fingerprint density at radius 3 is 2.39 bits per heavy atom. The van der Waals surface area contributed by atoms with Gasteiger partial charge in [0.1, 0.15) is 22.8 Å². The van der Waals surface area contributed by atoms with Crippen molar-refractivity contribution in [1.29, 1.82) is 0 Å². The highest BCUT2D eigenvalue weighted by Crippen LogP contribution is 2.53. The molecule has 1 unspecified atom stereocenters. The summed E-state index contributed by atoms with van der Waals surface area (Å²) in [5.41, 5.74) is -1.03. The number of hydrogen-bond acceptors (Lipinski definition) is 9. The molecule has 0 radical (unpaired) electrons. The van der Waals surface area contributed by atoms with Gasteiger partial charge in [-0.1, -0.05) is 6.92 Å². The Hall–Kier alpha value is -3.17. The van der Waals surface area contributed by atoms with Gasteiger partial charge in [-0.2, -0.15) is 0 Å². The summed E-state index contributed by atoms with van der Waals surface area (Å²) >= 11 is 0. The maximum absolute atomic E-state index is 14.0. The van der Waals surface area contributed by atoms with E-state index in [0.717, 1.165) is 24.6 Å². The number of likely N-dealkylation sites (N-methyl/N-ethyl adjacent to an activating group) is 1. The number of fused-ring (bicyclic) bond motifs is 3. The van der Waals surface area contributed by atoms with Gasteiger partial charge in [-0.05, 0) is 63.9 Å². The van der Waals surface area contributed by atoms with Crippen molar-refractivity contribution in [3.63, 3.8) is 0 Å². The first kappa shape index (κ1) is 25.9. The van der Waals surface area contributed by atoms with Gasteiger partial charge in [-0.25, -0.2) is 0 Å². The number of benzene rings is 1. The van der Waals surface area contributed by atoms with E-state index in [1.54, 1.807) is 25.1 Å². The van der Waals surface area contributed by atoms with Crippen molar-refractivity contribution < 1.29 is 34.4 Å². The highest BCUT2D eigenvalue weighted by atomic mass is 16.5. The van der Waals surface area contributed by atoms with Crippen molar-refractivity contribution in [2.45, 2.75) is 44.8 Å². The summed E-state index contributed by atoms with van der Waals surface area (Å²) < 4.78 is 5.90. The highest BCUT2D eigenvalue weighted by molar-refractivity contribution is 6.25. The zero-order chi connectivity index (χ0) is 26.7. The Balaban J connectivity index is 1.98. The summed E-state index contributed by atoms with van der Waals surface area (Å²) in [6.07, 6.45) is 1.27. The van der Waals surface area contributed by atoms with E-state index in [9.17, 15) is 29.7 Å². The van der Waals surface area contributed by atoms with E-state index >= 15 is 0 Å². The molecule has 9 heteroatoms. The molecule has 1 saturated carbocycles. The molecule has 194 valence electrons. The van der Waals surface area contributed by atoms with E-state index in [-0.39, 0.29) is 17.8 Å². The van der Waals surface area contributed by atoms with Gasteiger partial charge >= 0.3 is 0 Å². The van der Waals surface area contributed by atoms with Crippen molar-refractivity contribution in [2.75, 3.05) is 39.7 Å². The predicted molar refractivity (Wildman–Crippen MR) is 134 cm³/mol. The third-order valence-corrected chi connectivity index (χ3v) is 7.61. The van der Waals surface area contributed by atoms with Crippen LogP contribution in [0.15, 0.2) is 29.0 Å². The van der Waals surface area contributed by atoms with Crippen LogP contribution in [0.4, 0.5) is 5.69 Å². The largest absolute Gasteiger partial charge is 0.508 e. The lowest BCUT2D eigenvalue weighted by molar-refractivity contribution is -0.153. The molecule has 0 aliphatic heterocycles. The van der Waals surface area contributed by atoms with Crippen molar-refractivity contribution in [2.24, 2.45) is 11.8 Å². The van der Waals surface area contributed by atoms with Crippen LogP contribution in [0.2, 0.25) is 0 Å². The molecule has 0 amide bonds. The van der Waals surface area contributed by atoms with Gasteiger partial charge in [0, 0.05) is 31.3 Å². The lowest BCUT2D eigenvalue weighted by atomic mass is 9.57. The van der Waals surface area contributed by atoms with Crippen LogP contribution < -0.4 is 9.64 Å². The number of nitrogens with zero attached hydrogens (tertiary/aromatic N) is 2. The Kier molecular flexibility index (Phi) is 6.51. The first-order valence-corrected chi connectivity index (χ1v) is 12.2. The quantitative estimate of drug-likeness (QED) is 0.506. The molecule has 1 fully saturated rings. The zero-order valence-corrected chi connectivity index (χ0v) is 21.6. The van der Waals surface area contributed by atoms with Crippen LogP contribution >= 0.6 is 0 Å². The number of hydrogen-bond donors (Lipinski definition) is 3. The van der Waals surface area contributed by atoms with E-state index in [0.29, 0.717) is 24.3 Å². The number of rotatable bonds is 6.